The van der Waals surface area contributed by atoms with Gasteiger partial charge in [-0.15, -0.1) is 0 Å². The zero-order valence-corrected chi connectivity index (χ0v) is 14.2. The molecule has 0 atom stereocenters. The molecule has 0 aliphatic rings. The van der Waals surface area contributed by atoms with Gasteiger partial charge in [0, 0.05) is 40.7 Å². The van der Waals surface area contributed by atoms with E-state index < -0.39 is 0 Å². The summed E-state index contributed by atoms with van der Waals surface area (Å²) in [6.07, 6.45) is 4.05. The highest BCUT2D eigenvalue weighted by molar-refractivity contribution is 6.30. The number of aromatic nitrogens is 1. The largest absolute Gasteiger partial charge is 0.370 e. The molecule has 0 aliphatic carbocycles. The van der Waals surface area contributed by atoms with Crippen LogP contribution in [-0.4, -0.2) is 10.5 Å². The van der Waals surface area contributed by atoms with E-state index in [2.05, 4.69) is 6.07 Å². The van der Waals surface area contributed by atoms with E-state index in [0.717, 1.165) is 22.0 Å². The van der Waals surface area contributed by atoms with Crippen molar-refractivity contribution in [1.29, 1.82) is 5.26 Å². The number of amides is 1. The minimum atomic E-state index is -0.341. The number of primary amides is 1. The van der Waals surface area contributed by atoms with Crippen LogP contribution in [0.1, 0.15) is 17.5 Å². The second kappa shape index (κ2) is 7.25. The Morgan fingerprint density at radius 3 is 2.76 bits per heavy atom. The Kier molecular flexibility index (Phi) is 4.87. The van der Waals surface area contributed by atoms with Crippen molar-refractivity contribution in [3.05, 3.63) is 70.9 Å². The molecule has 0 spiro atoms. The molecule has 3 rings (SSSR count). The van der Waals surface area contributed by atoms with E-state index in [1.807, 2.05) is 53.2 Å². The topological polar surface area (TPSA) is 71.8 Å². The van der Waals surface area contributed by atoms with Crippen LogP contribution in [-0.2, 0) is 11.3 Å². The molecular formula is C20H16ClN3O. The molecule has 0 bridgehead atoms. The van der Waals surface area contributed by atoms with Crippen molar-refractivity contribution in [3.8, 4) is 6.07 Å². The Morgan fingerprint density at radius 2 is 2.04 bits per heavy atom. The quantitative estimate of drug-likeness (QED) is 0.700. The average molecular weight is 350 g/mol. The van der Waals surface area contributed by atoms with Crippen LogP contribution in [0.5, 0.6) is 0 Å². The van der Waals surface area contributed by atoms with Gasteiger partial charge in [0.15, 0.2) is 0 Å². The minimum Gasteiger partial charge on any atom is -0.370 e. The summed E-state index contributed by atoms with van der Waals surface area (Å²) < 4.78 is 1.99. The summed E-state index contributed by atoms with van der Waals surface area (Å²) in [4.78, 5) is 11.1. The summed E-state index contributed by atoms with van der Waals surface area (Å²) >= 11 is 6.03. The molecule has 1 aromatic heterocycles. The molecule has 3 aromatic rings. The summed E-state index contributed by atoms with van der Waals surface area (Å²) in [7, 11) is 0. The van der Waals surface area contributed by atoms with Gasteiger partial charge in [0.1, 0.15) is 0 Å². The Morgan fingerprint density at radius 1 is 1.24 bits per heavy atom. The van der Waals surface area contributed by atoms with Crippen LogP contribution in [0.25, 0.3) is 22.6 Å². The lowest BCUT2D eigenvalue weighted by Crippen LogP contribution is -2.13. The lowest BCUT2D eigenvalue weighted by molar-refractivity contribution is -0.118. The molecular weight excluding hydrogens is 334 g/mol. The van der Waals surface area contributed by atoms with Gasteiger partial charge in [-0.2, -0.15) is 5.26 Å². The van der Waals surface area contributed by atoms with Crippen LogP contribution in [0, 0.1) is 11.3 Å². The summed E-state index contributed by atoms with van der Waals surface area (Å²) in [5.41, 5.74) is 8.47. The van der Waals surface area contributed by atoms with Gasteiger partial charge >= 0.3 is 0 Å². The van der Waals surface area contributed by atoms with Crippen molar-refractivity contribution in [3.63, 3.8) is 0 Å². The third-order valence-electron chi connectivity index (χ3n) is 3.97. The number of carbonyl (C=O) groups excluding carboxylic acids is 1. The highest BCUT2D eigenvalue weighted by Gasteiger charge is 2.09. The second-order valence-electron chi connectivity index (χ2n) is 5.69. The van der Waals surface area contributed by atoms with Gasteiger partial charge in [0.2, 0.25) is 5.91 Å². The standard InChI is InChI=1S/C20H16ClN3O/c21-17-5-3-4-14(11-17)15(12-22)10-16-13-24(9-8-20(23)25)19-7-2-1-6-18(16)19/h1-7,10-11,13H,8-9H2,(H2,23,25)/b15-10+. The van der Waals surface area contributed by atoms with Crippen LogP contribution in [0.2, 0.25) is 5.02 Å². The molecule has 1 heterocycles. The lowest BCUT2D eigenvalue weighted by Gasteiger charge is -2.02. The fraction of sp³-hybridized carbons (Fsp3) is 0.100. The number of benzene rings is 2. The predicted octanol–water partition coefficient (Wildman–Crippen LogP) is 4.23. The average Bonchev–Trinajstić information content (AvgIpc) is 2.96. The first-order valence-electron chi connectivity index (χ1n) is 7.82. The summed E-state index contributed by atoms with van der Waals surface area (Å²) in [5, 5.41) is 11.2. The molecule has 25 heavy (non-hydrogen) atoms. The Bertz CT molecular complexity index is 1010. The molecule has 0 saturated carbocycles. The number of allylic oxidation sites excluding steroid dienone is 1. The number of fused-ring (bicyclic) bond motifs is 1. The number of carbonyl (C=O) groups is 1. The van der Waals surface area contributed by atoms with Crippen LogP contribution in [0.3, 0.4) is 0 Å². The Labute approximate surface area is 150 Å². The van der Waals surface area contributed by atoms with Crippen molar-refractivity contribution in [1.82, 2.24) is 4.57 Å². The van der Waals surface area contributed by atoms with E-state index >= 15 is 0 Å². The number of nitrogens with zero attached hydrogens (tertiary/aromatic N) is 2. The molecule has 2 aromatic carbocycles. The maximum atomic E-state index is 11.1. The van der Waals surface area contributed by atoms with Crippen molar-refractivity contribution < 1.29 is 4.79 Å². The van der Waals surface area contributed by atoms with E-state index in [1.54, 1.807) is 12.1 Å². The van der Waals surface area contributed by atoms with Crippen molar-refractivity contribution in [2.75, 3.05) is 0 Å². The van der Waals surface area contributed by atoms with Crippen LogP contribution in [0.15, 0.2) is 54.7 Å². The normalized spacial score (nSPS) is 11.4. The molecule has 0 unspecified atom stereocenters. The summed E-state index contributed by atoms with van der Waals surface area (Å²) in [6.45, 7) is 0.503. The van der Waals surface area contributed by atoms with Crippen molar-refractivity contribution in [2.45, 2.75) is 13.0 Å². The monoisotopic (exact) mass is 349 g/mol. The van der Waals surface area contributed by atoms with Crippen molar-refractivity contribution >= 4 is 40.1 Å². The maximum Gasteiger partial charge on any atom is 0.219 e. The van der Waals surface area contributed by atoms with Gasteiger partial charge in [-0.05, 0) is 29.8 Å². The molecule has 2 N–H and O–H groups in total. The molecule has 4 nitrogen and oxygen atoms in total. The highest BCUT2D eigenvalue weighted by atomic mass is 35.5. The number of para-hydroxylation sites is 1. The predicted molar refractivity (Wildman–Crippen MR) is 101 cm³/mol. The molecule has 0 fully saturated rings. The lowest BCUT2D eigenvalue weighted by atomic mass is 10.0. The first kappa shape index (κ1) is 16.8. The number of hydrogen-bond acceptors (Lipinski definition) is 2. The zero-order valence-electron chi connectivity index (χ0n) is 13.4. The Balaban J connectivity index is 2.08. The number of aryl methyl sites for hydroxylation is 1. The fourth-order valence-electron chi connectivity index (χ4n) is 2.80. The van der Waals surface area contributed by atoms with Crippen LogP contribution in [0.4, 0.5) is 0 Å². The van der Waals surface area contributed by atoms with Crippen LogP contribution < -0.4 is 5.73 Å². The first-order valence-corrected chi connectivity index (χ1v) is 8.20. The maximum absolute atomic E-state index is 11.1. The molecule has 0 aliphatic heterocycles. The molecule has 0 radical (unpaired) electrons. The summed E-state index contributed by atoms with van der Waals surface area (Å²) in [6, 6.07) is 17.3. The molecule has 124 valence electrons. The molecule has 1 amide bonds. The minimum absolute atomic E-state index is 0.265. The summed E-state index contributed by atoms with van der Waals surface area (Å²) in [5.74, 6) is -0.341. The van der Waals surface area contributed by atoms with Gasteiger partial charge in [-0.3, -0.25) is 4.79 Å². The van der Waals surface area contributed by atoms with Gasteiger partial charge in [0.25, 0.3) is 0 Å². The van der Waals surface area contributed by atoms with E-state index in [0.29, 0.717) is 17.1 Å². The number of nitriles is 1. The number of nitrogens with two attached hydrogens (primary N) is 1. The smallest absolute Gasteiger partial charge is 0.219 e. The third-order valence-corrected chi connectivity index (χ3v) is 4.21. The first-order chi connectivity index (χ1) is 12.1. The number of hydrogen-bond donors (Lipinski definition) is 1. The van der Waals surface area contributed by atoms with E-state index in [-0.39, 0.29) is 12.3 Å². The van der Waals surface area contributed by atoms with E-state index in [4.69, 9.17) is 17.3 Å². The van der Waals surface area contributed by atoms with Gasteiger partial charge in [-0.25, -0.2) is 0 Å². The van der Waals surface area contributed by atoms with Gasteiger partial charge in [0.05, 0.1) is 11.6 Å². The third kappa shape index (κ3) is 3.73. The van der Waals surface area contributed by atoms with E-state index in [9.17, 15) is 10.1 Å². The van der Waals surface area contributed by atoms with Gasteiger partial charge in [-0.1, -0.05) is 41.9 Å². The molecule has 0 saturated heterocycles. The van der Waals surface area contributed by atoms with Crippen LogP contribution >= 0.6 is 11.6 Å². The fourth-order valence-corrected chi connectivity index (χ4v) is 2.99. The zero-order chi connectivity index (χ0) is 17.8. The second-order valence-corrected chi connectivity index (χ2v) is 6.13. The Hall–Kier alpha value is -3.03. The van der Waals surface area contributed by atoms with Gasteiger partial charge < -0.3 is 10.3 Å². The number of rotatable bonds is 5. The SMILES string of the molecule is N#C/C(=C\c1cn(CCC(N)=O)c2ccccc12)c1cccc(Cl)c1. The highest BCUT2D eigenvalue weighted by Crippen LogP contribution is 2.27. The number of halogens is 1. The van der Waals surface area contributed by atoms with E-state index in [1.165, 1.54) is 0 Å². The molecule has 5 heteroatoms. The van der Waals surface area contributed by atoms with Crippen molar-refractivity contribution in [2.24, 2.45) is 5.73 Å².